The van der Waals surface area contributed by atoms with E-state index in [0.29, 0.717) is 0 Å². The predicted molar refractivity (Wildman–Crippen MR) is 65.7 cm³/mol. The first-order chi connectivity index (χ1) is 8.65. The molecule has 1 fully saturated rings. The lowest BCUT2D eigenvalue weighted by molar-refractivity contribution is -0.179. The van der Waals surface area contributed by atoms with Crippen molar-refractivity contribution in [1.29, 1.82) is 0 Å². The summed E-state index contributed by atoms with van der Waals surface area (Å²) in [6.45, 7) is -0.178. The normalized spacial score (nSPS) is 31.9. The van der Waals surface area contributed by atoms with Gasteiger partial charge in [0.2, 0.25) is 0 Å². The second-order valence-corrected chi connectivity index (χ2v) is 4.42. The molecule has 1 aromatic carbocycles. The first-order valence-corrected chi connectivity index (χ1v) is 5.84. The fourth-order valence-corrected chi connectivity index (χ4v) is 2.12. The van der Waals surface area contributed by atoms with Crippen LogP contribution < -0.4 is 0 Å². The van der Waals surface area contributed by atoms with E-state index < -0.39 is 24.4 Å². The zero-order valence-electron chi connectivity index (χ0n) is 9.86. The third-order valence-electron chi connectivity index (χ3n) is 3.16. The molecule has 3 unspecified atom stereocenters. The Morgan fingerprint density at radius 3 is 2.50 bits per heavy atom. The summed E-state index contributed by atoms with van der Waals surface area (Å²) < 4.78 is 5.57. The van der Waals surface area contributed by atoms with Gasteiger partial charge in [-0.25, -0.2) is 0 Å². The Kier molecular flexibility index (Phi) is 4.00. The van der Waals surface area contributed by atoms with Crippen LogP contribution in [0.25, 0.3) is 0 Å². The van der Waals surface area contributed by atoms with E-state index >= 15 is 0 Å². The van der Waals surface area contributed by atoms with Crippen LogP contribution >= 0.6 is 0 Å². The fraction of sp³-hybridized carbons (Fsp3) is 0.429. The van der Waals surface area contributed by atoms with E-state index in [9.17, 15) is 10.2 Å². The molecule has 1 aliphatic rings. The lowest BCUT2D eigenvalue weighted by atomic mass is 9.93. The molecule has 18 heavy (non-hydrogen) atoms. The SMILES string of the molecule is C#Cc1ccc([C@H]2OC(CO)CC(O)C2O)cc1. The minimum Gasteiger partial charge on any atom is -0.394 e. The van der Waals surface area contributed by atoms with Gasteiger partial charge < -0.3 is 20.1 Å². The van der Waals surface area contributed by atoms with E-state index in [4.69, 9.17) is 16.3 Å². The number of rotatable bonds is 2. The summed E-state index contributed by atoms with van der Waals surface area (Å²) in [4.78, 5) is 0. The summed E-state index contributed by atoms with van der Waals surface area (Å²) in [5, 5.41) is 28.8. The average molecular weight is 248 g/mol. The lowest BCUT2D eigenvalue weighted by Crippen LogP contribution is -2.44. The number of hydrogen-bond donors (Lipinski definition) is 3. The third kappa shape index (κ3) is 2.55. The molecule has 96 valence electrons. The van der Waals surface area contributed by atoms with Gasteiger partial charge in [0, 0.05) is 12.0 Å². The molecule has 0 aliphatic carbocycles. The summed E-state index contributed by atoms with van der Waals surface area (Å²) in [6.07, 6.45) is 2.51. The molecular weight excluding hydrogens is 232 g/mol. The molecule has 0 aromatic heterocycles. The van der Waals surface area contributed by atoms with Gasteiger partial charge in [-0.05, 0) is 17.7 Å². The Balaban J connectivity index is 2.21. The van der Waals surface area contributed by atoms with Crippen LogP contribution in [0.4, 0.5) is 0 Å². The highest BCUT2D eigenvalue weighted by Gasteiger charge is 2.37. The molecular formula is C14H16O4. The van der Waals surface area contributed by atoms with E-state index in [1.165, 1.54) is 0 Å². The van der Waals surface area contributed by atoms with Crippen molar-refractivity contribution in [2.45, 2.75) is 30.8 Å². The average Bonchev–Trinajstić information content (AvgIpc) is 2.42. The molecule has 1 aliphatic heterocycles. The summed E-state index contributed by atoms with van der Waals surface area (Å²) >= 11 is 0. The number of terminal acetylenes is 1. The molecule has 4 heteroatoms. The number of aliphatic hydroxyl groups is 3. The van der Waals surface area contributed by atoms with Crippen LogP contribution in [-0.2, 0) is 4.74 Å². The minimum atomic E-state index is -0.996. The van der Waals surface area contributed by atoms with Gasteiger partial charge >= 0.3 is 0 Å². The van der Waals surface area contributed by atoms with E-state index in [1.807, 2.05) is 0 Å². The molecule has 4 atom stereocenters. The lowest BCUT2D eigenvalue weighted by Gasteiger charge is -2.36. The standard InChI is InChI=1S/C14H16O4/c1-2-9-3-5-10(6-4-9)14-13(17)12(16)7-11(8-15)18-14/h1,3-6,11-17H,7-8H2/t11?,12?,13?,14-/m1/s1. The number of benzene rings is 1. The maximum absolute atomic E-state index is 9.93. The van der Waals surface area contributed by atoms with Crippen LogP contribution in [0.1, 0.15) is 23.7 Å². The predicted octanol–water partition coefficient (Wildman–Crippen LogP) is 0.212. The minimum absolute atomic E-state index is 0.178. The number of ether oxygens (including phenoxy) is 1. The van der Waals surface area contributed by atoms with Gasteiger partial charge in [-0.1, -0.05) is 18.1 Å². The summed E-state index contributed by atoms with van der Waals surface area (Å²) in [7, 11) is 0. The van der Waals surface area contributed by atoms with Gasteiger partial charge in [0.25, 0.3) is 0 Å². The highest BCUT2D eigenvalue weighted by molar-refractivity contribution is 5.35. The molecule has 3 N–H and O–H groups in total. The Morgan fingerprint density at radius 1 is 1.28 bits per heavy atom. The number of hydrogen-bond acceptors (Lipinski definition) is 4. The van der Waals surface area contributed by atoms with Gasteiger partial charge in [-0.3, -0.25) is 0 Å². The van der Waals surface area contributed by atoms with Crippen molar-refractivity contribution in [2.24, 2.45) is 0 Å². The topological polar surface area (TPSA) is 69.9 Å². The summed E-state index contributed by atoms with van der Waals surface area (Å²) in [6, 6.07) is 7.02. The quantitative estimate of drug-likeness (QED) is 0.654. The monoisotopic (exact) mass is 248 g/mol. The molecule has 2 rings (SSSR count). The smallest absolute Gasteiger partial charge is 0.111 e. The first kappa shape index (κ1) is 13.1. The highest BCUT2D eigenvalue weighted by Crippen LogP contribution is 2.31. The van der Waals surface area contributed by atoms with Crippen LogP contribution in [0.15, 0.2) is 24.3 Å². The van der Waals surface area contributed by atoms with Crippen molar-refractivity contribution in [3.8, 4) is 12.3 Å². The fourth-order valence-electron chi connectivity index (χ4n) is 2.12. The van der Waals surface area contributed by atoms with E-state index in [-0.39, 0.29) is 13.0 Å². The van der Waals surface area contributed by atoms with Crippen molar-refractivity contribution < 1.29 is 20.1 Å². The highest BCUT2D eigenvalue weighted by atomic mass is 16.5. The molecule has 0 saturated carbocycles. The van der Waals surface area contributed by atoms with E-state index in [1.54, 1.807) is 24.3 Å². The van der Waals surface area contributed by atoms with Crippen LogP contribution in [0.3, 0.4) is 0 Å². The van der Waals surface area contributed by atoms with Gasteiger partial charge in [0.15, 0.2) is 0 Å². The van der Waals surface area contributed by atoms with Crippen molar-refractivity contribution in [3.05, 3.63) is 35.4 Å². The maximum Gasteiger partial charge on any atom is 0.111 e. The Bertz CT molecular complexity index is 434. The zero-order chi connectivity index (χ0) is 13.1. The Hall–Kier alpha value is -1.38. The molecule has 0 spiro atoms. The van der Waals surface area contributed by atoms with Gasteiger partial charge in [0.1, 0.15) is 12.2 Å². The van der Waals surface area contributed by atoms with Crippen LogP contribution in [0, 0.1) is 12.3 Å². The van der Waals surface area contributed by atoms with Crippen molar-refractivity contribution >= 4 is 0 Å². The second-order valence-electron chi connectivity index (χ2n) is 4.42. The van der Waals surface area contributed by atoms with E-state index in [0.717, 1.165) is 11.1 Å². The van der Waals surface area contributed by atoms with Crippen LogP contribution in [0.2, 0.25) is 0 Å². The molecule has 1 aromatic rings. The van der Waals surface area contributed by atoms with Gasteiger partial charge in [0.05, 0.1) is 18.8 Å². The summed E-state index contributed by atoms with van der Waals surface area (Å²) in [5.74, 6) is 2.50. The second kappa shape index (κ2) is 5.51. The van der Waals surface area contributed by atoms with Crippen LogP contribution in [0.5, 0.6) is 0 Å². The first-order valence-electron chi connectivity index (χ1n) is 5.84. The van der Waals surface area contributed by atoms with Crippen molar-refractivity contribution in [3.63, 3.8) is 0 Å². The molecule has 1 saturated heterocycles. The molecule has 1 heterocycles. The number of aliphatic hydroxyl groups excluding tert-OH is 3. The Labute approximate surface area is 106 Å². The maximum atomic E-state index is 9.93. The van der Waals surface area contributed by atoms with Crippen molar-refractivity contribution in [1.82, 2.24) is 0 Å². The zero-order valence-corrected chi connectivity index (χ0v) is 9.86. The molecule has 0 bridgehead atoms. The van der Waals surface area contributed by atoms with Gasteiger partial charge in [-0.2, -0.15) is 0 Å². The Morgan fingerprint density at radius 2 is 1.94 bits per heavy atom. The third-order valence-corrected chi connectivity index (χ3v) is 3.16. The van der Waals surface area contributed by atoms with Crippen molar-refractivity contribution in [2.75, 3.05) is 6.61 Å². The van der Waals surface area contributed by atoms with Gasteiger partial charge in [-0.15, -0.1) is 6.42 Å². The largest absolute Gasteiger partial charge is 0.394 e. The van der Waals surface area contributed by atoms with E-state index in [2.05, 4.69) is 5.92 Å². The summed E-state index contributed by atoms with van der Waals surface area (Å²) in [5.41, 5.74) is 1.47. The van der Waals surface area contributed by atoms with Crippen LogP contribution in [-0.4, -0.2) is 40.2 Å². The molecule has 0 radical (unpaired) electrons. The molecule has 0 amide bonds. The molecule has 4 nitrogen and oxygen atoms in total.